The van der Waals surface area contributed by atoms with Crippen LogP contribution in [0.1, 0.15) is 53.4 Å². The molecule has 5 heteroatoms. The predicted octanol–water partition coefficient (Wildman–Crippen LogP) is 2.00. The molecule has 0 saturated heterocycles. The summed E-state index contributed by atoms with van der Waals surface area (Å²) in [4.78, 5) is 22.4. The van der Waals surface area contributed by atoms with Crippen LogP contribution in [0.25, 0.3) is 0 Å². The van der Waals surface area contributed by atoms with Gasteiger partial charge in [0.05, 0.1) is 6.04 Å². The molecule has 0 saturated carbocycles. The fourth-order valence-corrected chi connectivity index (χ4v) is 2.25. The number of hydrogen-bond donors (Lipinski definition) is 3. The number of carboxylic acid groups (broad SMARTS) is 1. The molecule has 5 nitrogen and oxygen atoms in total. The van der Waals surface area contributed by atoms with Crippen LogP contribution in [0.3, 0.4) is 0 Å². The van der Waals surface area contributed by atoms with Crippen molar-refractivity contribution in [2.24, 2.45) is 23.5 Å². The lowest BCUT2D eigenvalue weighted by molar-refractivity contribution is -0.137. The fraction of sp³-hybridized carbons (Fsp3) is 0.867. The second-order valence-corrected chi connectivity index (χ2v) is 6.25. The van der Waals surface area contributed by atoms with E-state index in [0.717, 1.165) is 6.42 Å². The Morgan fingerprint density at radius 1 is 1.15 bits per heavy atom. The van der Waals surface area contributed by atoms with Crippen molar-refractivity contribution < 1.29 is 14.7 Å². The van der Waals surface area contributed by atoms with Crippen LogP contribution in [0.2, 0.25) is 0 Å². The number of aliphatic carboxylic acids is 1. The van der Waals surface area contributed by atoms with Gasteiger partial charge in [0.25, 0.3) is 0 Å². The van der Waals surface area contributed by atoms with Crippen molar-refractivity contribution in [2.75, 3.05) is 6.54 Å². The van der Waals surface area contributed by atoms with E-state index in [-0.39, 0.29) is 12.3 Å². The van der Waals surface area contributed by atoms with Crippen LogP contribution < -0.4 is 11.1 Å². The standard InChI is InChI=1S/C15H30N2O3/c1-10(2)9-13(16)15(20)17-8-7-12(11(3)4)5-6-14(18)19/h10-13H,5-9,16H2,1-4H3,(H,17,20)(H,18,19)/t12?,13-/m0/s1. The zero-order valence-corrected chi connectivity index (χ0v) is 13.2. The van der Waals surface area contributed by atoms with Gasteiger partial charge in [0, 0.05) is 13.0 Å². The summed E-state index contributed by atoms with van der Waals surface area (Å²) in [7, 11) is 0. The summed E-state index contributed by atoms with van der Waals surface area (Å²) in [6, 6.07) is -0.452. The molecule has 0 aliphatic carbocycles. The second-order valence-electron chi connectivity index (χ2n) is 6.25. The molecule has 0 aliphatic heterocycles. The average molecular weight is 286 g/mol. The number of carboxylic acids is 1. The molecule has 2 atom stereocenters. The third-order valence-electron chi connectivity index (χ3n) is 3.55. The largest absolute Gasteiger partial charge is 0.481 e. The molecule has 1 amide bonds. The first-order valence-corrected chi connectivity index (χ1v) is 7.49. The van der Waals surface area contributed by atoms with Gasteiger partial charge < -0.3 is 16.2 Å². The maximum absolute atomic E-state index is 11.8. The van der Waals surface area contributed by atoms with E-state index in [1.54, 1.807) is 0 Å². The smallest absolute Gasteiger partial charge is 0.303 e. The Bertz CT molecular complexity index is 303. The highest BCUT2D eigenvalue weighted by atomic mass is 16.4. The number of nitrogens with two attached hydrogens (primary N) is 1. The van der Waals surface area contributed by atoms with Crippen molar-refractivity contribution in [1.29, 1.82) is 0 Å². The number of amides is 1. The van der Waals surface area contributed by atoms with Crippen molar-refractivity contribution in [1.82, 2.24) is 5.32 Å². The molecular formula is C15H30N2O3. The van der Waals surface area contributed by atoms with Crippen LogP contribution in [-0.2, 0) is 9.59 Å². The Morgan fingerprint density at radius 2 is 1.75 bits per heavy atom. The molecule has 0 bridgehead atoms. The lowest BCUT2D eigenvalue weighted by Crippen LogP contribution is -2.42. The highest BCUT2D eigenvalue weighted by molar-refractivity contribution is 5.81. The normalized spacial score (nSPS) is 14.3. The Balaban J connectivity index is 4.04. The highest BCUT2D eigenvalue weighted by Crippen LogP contribution is 2.20. The van der Waals surface area contributed by atoms with E-state index in [9.17, 15) is 9.59 Å². The molecule has 4 N–H and O–H groups in total. The fourth-order valence-electron chi connectivity index (χ4n) is 2.25. The number of carbonyl (C=O) groups excluding carboxylic acids is 1. The van der Waals surface area contributed by atoms with Gasteiger partial charge in [0.1, 0.15) is 0 Å². The summed E-state index contributed by atoms with van der Waals surface area (Å²) in [5.74, 6) is 0.246. The van der Waals surface area contributed by atoms with Gasteiger partial charge in [-0.1, -0.05) is 27.7 Å². The van der Waals surface area contributed by atoms with E-state index in [4.69, 9.17) is 10.8 Å². The molecular weight excluding hydrogens is 256 g/mol. The van der Waals surface area contributed by atoms with Crippen LogP contribution in [0.5, 0.6) is 0 Å². The SMILES string of the molecule is CC(C)C[C@H](N)C(=O)NCCC(CCC(=O)O)C(C)C. The molecule has 0 aromatic heterocycles. The number of nitrogens with one attached hydrogen (secondary N) is 1. The van der Waals surface area contributed by atoms with Crippen LogP contribution in [0, 0.1) is 17.8 Å². The van der Waals surface area contributed by atoms with Gasteiger partial charge in [-0.25, -0.2) is 0 Å². The van der Waals surface area contributed by atoms with Gasteiger partial charge in [0.15, 0.2) is 0 Å². The minimum absolute atomic E-state index is 0.112. The molecule has 0 radical (unpaired) electrons. The molecule has 0 fully saturated rings. The molecule has 118 valence electrons. The highest BCUT2D eigenvalue weighted by Gasteiger charge is 2.17. The Labute approximate surface area is 122 Å². The lowest BCUT2D eigenvalue weighted by atomic mass is 9.88. The summed E-state index contributed by atoms with van der Waals surface area (Å²) in [6.07, 6.45) is 2.31. The minimum atomic E-state index is -0.765. The molecule has 0 aliphatic rings. The van der Waals surface area contributed by atoms with Crippen molar-refractivity contribution in [2.45, 2.75) is 59.4 Å². The summed E-state index contributed by atoms with van der Waals surface area (Å²) in [5.41, 5.74) is 5.80. The molecule has 0 aromatic rings. The summed E-state index contributed by atoms with van der Waals surface area (Å²) in [6.45, 7) is 8.80. The Morgan fingerprint density at radius 3 is 2.20 bits per heavy atom. The minimum Gasteiger partial charge on any atom is -0.481 e. The number of rotatable bonds is 10. The number of carbonyl (C=O) groups is 2. The van der Waals surface area contributed by atoms with Gasteiger partial charge in [-0.05, 0) is 37.0 Å². The average Bonchev–Trinajstić information content (AvgIpc) is 2.31. The topological polar surface area (TPSA) is 92.4 Å². The van der Waals surface area contributed by atoms with Crippen LogP contribution >= 0.6 is 0 Å². The molecule has 0 aromatic carbocycles. The van der Waals surface area contributed by atoms with Gasteiger partial charge in [0.2, 0.25) is 5.91 Å². The monoisotopic (exact) mass is 286 g/mol. The molecule has 20 heavy (non-hydrogen) atoms. The van der Waals surface area contributed by atoms with E-state index >= 15 is 0 Å². The van der Waals surface area contributed by atoms with Crippen molar-refractivity contribution in [3.63, 3.8) is 0 Å². The third-order valence-corrected chi connectivity index (χ3v) is 3.55. The van der Waals surface area contributed by atoms with Crippen molar-refractivity contribution >= 4 is 11.9 Å². The molecule has 0 rings (SSSR count). The molecule has 0 spiro atoms. The first-order chi connectivity index (χ1) is 9.23. The van der Waals surface area contributed by atoms with Gasteiger partial charge in [-0.3, -0.25) is 9.59 Å². The summed E-state index contributed by atoms with van der Waals surface area (Å²) < 4.78 is 0. The van der Waals surface area contributed by atoms with Crippen LogP contribution in [0.15, 0.2) is 0 Å². The van der Waals surface area contributed by atoms with E-state index in [2.05, 4.69) is 19.2 Å². The summed E-state index contributed by atoms with van der Waals surface area (Å²) in [5, 5.41) is 11.6. The molecule has 0 heterocycles. The Hall–Kier alpha value is -1.10. The summed E-state index contributed by atoms with van der Waals surface area (Å²) >= 11 is 0. The zero-order valence-electron chi connectivity index (χ0n) is 13.2. The first kappa shape index (κ1) is 18.9. The number of hydrogen-bond acceptors (Lipinski definition) is 3. The molecule has 1 unspecified atom stereocenters. The predicted molar refractivity (Wildman–Crippen MR) is 80.3 cm³/mol. The van der Waals surface area contributed by atoms with E-state index in [1.807, 2.05) is 13.8 Å². The van der Waals surface area contributed by atoms with Crippen LogP contribution in [0.4, 0.5) is 0 Å². The first-order valence-electron chi connectivity index (χ1n) is 7.49. The van der Waals surface area contributed by atoms with E-state index < -0.39 is 12.0 Å². The van der Waals surface area contributed by atoms with Crippen molar-refractivity contribution in [3.05, 3.63) is 0 Å². The zero-order chi connectivity index (χ0) is 15.7. The van der Waals surface area contributed by atoms with Gasteiger partial charge in [-0.15, -0.1) is 0 Å². The van der Waals surface area contributed by atoms with Crippen LogP contribution in [-0.4, -0.2) is 29.6 Å². The Kier molecular flexibility index (Phi) is 9.21. The van der Waals surface area contributed by atoms with E-state index in [1.165, 1.54) is 0 Å². The second kappa shape index (κ2) is 9.75. The van der Waals surface area contributed by atoms with E-state index in [0.29, 0.717) is 37.1 Å². The lowest BCUT2D eigenvalue weighted by Gasteiger charge is -2.21. The van der Waals surface area contributed by atoms with Gasteiger partial charge >= 0.3 is 5.97 Å². The van der Waals surface area contributed by atoms with Crippen molar-refractivity contribution in [3.8, 4) is 0 Å². The van der Waals surface area contributed by atoms with Gasteiger partial charge in [-0.2, -0.15) is 0 Å². The maximum atomic E-state index is 11.8. The third kappa shape index (κ3) is 8.91. The quantitative estimate of drug-likeness (QED) is 0.572. The maximum Gasteiger partial charge on any atom is 0.303 e.